The molecule has 0 spiro atoms. The van der Waals surface area contributed by atoms with E-state index in [0.717, 1.165) is 23.2 Å². The molecule has 2 atom stereocenters. The molecule has 2 saturated heterocycles. The number of hydrogen-bond acceptors (Lipinski definition) is 5. The number of pyridine rings is 1. The van der Waals surface area contributed by atoms with E-state index in [4.69, 9.17) is 4.74 Å². The fraction of sp³-hybridized carbons (Fsp3) is 0.611. The molecule has 0 radical (unpaired) electrons. The number of piperidine rings is 2. The topological polar surface area (TPSA) is 72.0 Å². The van der Waals surface area contributed by atoms with Gasteiger partial charge in [-0.05, 0) is 18.4 Å². The molecular formula is C18H20F5N3O4. The lowest BCUT2D eigenvalue weighted by Gasteiger charge is -2.44. The monoisotopic (exact) mass is 437 g/mol. The number of aromatic nitrogens is 1. The fourth-order valence-electron chi connectivity index (χ4n) is 3.58. The highest BCUT2D eigenvalue weighted by atomic mass is 19.4. The van der Waals surface area contributed by atoms with Gasteiger partial charge in [-0.2, -0.15) is 0 Å². The van der Waals surface area contributed by atoms with Crippen LogP contribution in [0.1, 0.15) is 26.2 Å². The van der Waals surface area contributed by atoms with Crippen molar-refractivity contribution in [1.29, 1.82) is 0 Å². The lowest BCUT2D eigenvalue weighted by atomic mass is 9.94. The van der Waals surface area contributed by atoms with Crippen molar-refractivity contribution in [2.75, 3.05) is 19.6 Å². The van der Waals surface area contributed by atoms with Crippen molar-refractivity contribution < 1.29 is 41.0 Å². The average Bonchev–Trinajstić information content (AvgIpc) is 2.60. The number of hydrogen-bond donors (Lipinski definition) is 0. The number of amides is 2. The highest BCUT2D eigenvalue weighted by molar-refractivity contribution is 5.78. The third-order valence-corrected chi connectivity index (χ3v) is 4.93. The van der Waals surface area contributed by atoms with Crippen molar-refractivity contribution >= 4 is 12.0 Å². The second-order valence-corrected chi connectivity index (χ2v) is 7.53. The Hall–Kier alpha value is -2.66. The highest BCUT2D eigenvalue weighted by Gasteiger charge is 2.46. The Labute approximate surface area is 168 Å². The summed E-state index contributed by atoms with van der Waals surface area (Å²) < 4.78 is 73.5. The van der Waals surface area contributed by atoms with Gasteiger partial charge in [-0.1, -0.05) is 6.92 Å². The Morgan fingerprint density at radius 2 is 2.03 bits per heavy atom. The van der Waals surface area contributed by atoms with Crippen LogP contribution in [0.2, 0.25) is 0 Å². The minimum Gasteiger partial charge on any atom is -0.409 e. The summed E-state index contributed by atoms with van der Waals surface area (Å²) in [5, 5.41) is 0. The van der Waals surface area contributed by atoms with Gasteiger partial charge >= 0.3 is 12.5 Å². The van der Waals surface area contributed by atoms with Crippen molar-refractivity contribution in [3.8, 4) is 11.6 Å². The molecule has 166 valence electrons. The summed E-state index contributed by atoms with van der Waals surface area (Å²) in [7, 11) is 0. The Balaban J connectivity index is 1.65. The molecule has 2 aliphatic heterocycles. The van der Waals surface area contributed by atoms with Gasteiger partial charge in [-0.25, -0.2) is 18.6 Å². The quantitative estimate of drug-likeness (QED) is 0.678. The Kier molecular flexibility index (Phi) is 6.04. The maximum Gasteiger partial charge on any atom is 0.574 e. The molecular weight excluding hydrogens is 417 g/mol. The molecule has 1 aromatic heterocycles. The molecule has 1 unspecified atom stereocenters. The number of carbonyl (C=O) groups excluding carboxylic acids is 2. The molecule has 0 bridgehead atoms. The van der Waals surface area contributed by atoms with Crippen molar-refractivity contribution in [1.82, 2.24) is 14.8 Å². The molecule has 0 saturated carbocycles. The Morgan fingerprint density at radius 1 is 1.30 bits per heavy atom. The van der Waals surface area contributed by atoms with Gasteiger partial charge in [-0.15, -0.1) is 13.2 Å². The van der Waals surface area contributed by atoms with E-state index in [9.17, 15) is 31.5 Å². The van der Waals surface area contributed by atoms with Crippen molar-refractivity contribution in [2.45, 2.75) is 44.5 Å². The smallest absolute Gasteiger partial charge is 0.409 e. The lowest BCUT2D eigenvalue weighted by molar-refractivity contribution is -0.276. The zero-order chi connectivity index (χ0) is 22.1. The van der Waals surface area contributed by atoms with Crippen LogP contribution in [-0.4, -0.2) is 64.7 Å². The summed E-state index contributed by atoms with van der Waals surface area (Å²) in [5.74, 6) is -4.26. The molecule has 2 fully saturated rings. The first-order chi connectivity index (χ1) is 13.9. The molecule has 3 rings (SSSR count). The van der Waals surface area contributed by atoms with Gasteiger partial charge in [0.25, 0.3) is 5.92 Å². The van der Waals surface area contributed by atoms with E-state index in [0.29, 0.717) is 13.0 Å². The van der Waals surface area contributed by atoms with Crippen LogP contribution < -0.4 is 9.47 Å². The van der Waals surface area contributed by atoms with Crippen LogP contribution in [-0.2, 0) is 4.79 Å². The van der Waals surface area contributed by atoms with Gasteiger partial charge in [0, 0.05) is 32.0 Å². The third-order valence-electron chi connectivity index (χ3n) is 4.93. The van der Waals surface area contributed by atoms with Crippen LogP contribution in [0.25, 0.3) is 0 Å². The molecule has 0 aromatic carbocycles. The van der Waals surface area contributed by atoms with Gasteiger partial charge in [0.2, 0.25) is 11.8 Å². The molecule has 12 heteroatoms. The predicted octanol–water partition coefficient (Wildman–Crippen LogP) is 3.45. The van der Waals surface area contributed by atoms with Gasteiger partial charge in [0.05, 0.1) is 18.8 Å². The minimum absolute atomic E-state index is 0.128. The SMILES string of the molecule is CC1CCN([C@H]2CN(C(=O)Oc3ccc(OC(F)(F)F)nc3)CC(F)(F)C2)C(=O)C1. The maximum absolute atomic E-state index is 14.3. The zero-order valence-corrected chi connectivity index (χ0v) is 16.0. The summed E-state index contributed by atoms with van der Waals surface area (Å²) in [4.78, 5) is 30.2. The largest absolute Gasteiger partial charge is 0.574 e. The number of alkyl halides is 5. The maximum atomic E-state index is 14.3. The second kappa shape index (κ2) is 8.23. The van der Waals surface area contributed by atoms with E-state index in [1.165, 1.54) is 4.90 Å². The van der Waals surface area contributed by atoms with Gasteiger partial charge < -0.3 is 14.4 Å². The molecule has 2 amide bonds. The first-order valence-electron chi connectivity index (χ1n) is 9.28. The van der Waals surface area contributed by atoms with E-state index < -0.39 is 43.3 Å². The van der Waals surface area contributed by atoms with Crippen LogP contribution >= 0.6 is 0 Å². The second-order valence-electron chi connectivity index (χ2n) is 7.53. The summed E-state index contributed by atoms with van der Waals surface area (Å²) in [6.45, 7) is 1.24. The molecule has 0 aliphatic carbocycles. The number of carbonyl (C=O) groups is 2. The zero-order valence-electron chi connectivity index (χ0n) is 16.0. The third kappa shape index (κ3) is 5.70. The standard InChI is InChI=1S/C18H20F5N3O4/c1-11-4-5-26(15(27)6-11)12-7-17(19,20)10-25(9-12)16(28)29-13-2-3-14(24-8-13)30-18(21,22)23/h2-3,8,11-12H,4-7,9-10H2,1H3/t11?,12-/m1/s1. The number of rotatable bonds is 3. The highest BCUT2D eigenvalue weighted by Crippen LogP contribution is 2.32. The van der Waals surface area contributed by atoms with Gasteiger partial charge in [0.1, 0.15) is 0 Å². The molecule has 30 heavy (non-hydrogen) atoms. The van der Waals surface area contributed by atoms with Gasteiger partial charge in [0.15, 0.2) is 5.75 Å². The number of ether oxygens (including phenoxy) is 2. The molecule has 7 nitrogen and oxygen atoms in total. The van der Waals surface area contributed by atoms with Gasteiger partial charge in [-0.3, -0.25) is 9.69 Å². The average molecular weight is 437 g/mol. The van der Waals surface area contributed by atoms with Crippen LogP contribution in [0.15, 0.2) is 18.3 Å². The number of likely N-dealkylation sites (tertiary alicyclic amines) is 2. The molecule has 1 aromatic rings. The van der Waals surface area contributed by atoms with E-state index in [1.807, 2.05) is 6.92 Å². The summed E-state index contributed by atoms with van der Waals surface area (Å²) in [6.07, 6.45) is -4.82. The van der Waals surface area contributed by atoms with Crippen LogP contribution in [0.3, 0.4) is 0 Å². The summed E-state index contributed by atoms with van der Waals surface area (Å²) >= 11 is 0. The summed E-state index contributed by atoms with van der Waals surface area (Å²) in [5.41, 5.74) is 0. The van der Waals surface area contributed by atoms with Crippen molar-refractivity contribution in [3.63, 3.8) is 0 Å². The lowest BCUT2D eigenvalue weighted by Crippen LogP contribution is -2.59. The van der Waals surface area contributed by atoms with Crippen molar-refractivity contribution in [2.24, 2.45) is 5.92 Å². The minimum atomic E-state index is -4.93. The first kappa shape index (κ1) is 22.0. The Bertz CT molecular complexity index is 787. The van der Waals surface area contributed by atoms with Crippen LogP contribution in [0.4, 0.5) is 26.7 Å². The van der Waals surface area contributed by atoms with E-state index in [-0.39, 0.29) is 30.5 Å². The number of nitrogens with zero attached hydrogens (tertiary/aromatic N) is 3. The molecule has 0 N–H and O–H groups in total. The summed E-state index contributed by atoms with van der Waals surface area (Å²) in [6, 6.07) is 0.986. The molecule has 2 aliphatic rings. The Morgan fingerprint density at radius 3 is 2.63 bits per heavy atom. The normalized spacial score (nSPS) is 24.5. The van der Waals surface area contributed by atoms with Crippen LogP contribution in [0, 0.1) is 5.92 Å². The van der Waals surface area contributed by atoms with Crippen molar-refractivity contribution in [3.05, 3.63) is 18.3 Å². The van der Waals surface area contributed by atoms with Crippen LogP contribution in [0.5, 0.6) is 11.6 Å². The first-order valence-corrected chi connectivity index (χ1v) is 9.28. The van der Waals surface area contributed by atoms with E-state index in [1.54, 1.807) is 0 Å². The fourth-order valence-corrected chi connectivity index (χ4v) is 3.58. The molecule has 3 heterocycles. The predicted molar refractivity (Wildman–Crippen MR) is 92.0 cm³/mol. The van der Waals surface area contributed by atoms with E-state index in [2.05, 4.69) is 9.72 Å². The van der Waals surface area contributed by atoms with E-state index >= 15 is 0 Å². The number of halogens is 5.